The third-order valence-corrected chi connectivity index (χ3v) is 2.31. The van der Waals surface area contributed by atoms with E-state index in [9.17, 15) is 4.79 Å². The Kier molecular flexibility index (Phi) is 2.74. The second kappa shape index (κ2) is 4.19. The van der Waals surface area contributed by atoms with Gasteiger partial charge in [0.15, 0.2) is 0 Å². The highest BCUT2D eigenvalue weighted by Crippen LogP contribution is 2.09. The van der Waals surface area contributed by atoms with Crippen LogP contribution in [0.15, 0.2) is 24.5 Å². The molecule has 1 saturated heterocycles. The largest absolute Gasteiger partial charge is 0.323 e. The predicted octanol–water partition coefficient (Wildman–Crippen LogP) is 0.772. The van der Waals surface area contributed by atoms with Gasteiger partial charge in [-0.15, -0.1) is 0 Å². The maximum atomic E-state index is 11.6. The van der Waals surface area contributed by atoms with Crippen molar-refractivity contribution in [1.29, 1.82) is 0 Å². The molecule has 1 aromatic heterocycles. The van der Waals surface area contributed by atoms with Crippen molar-refractivity contribution in [2.24, 2.45) is 0 Å². The number of hydrogen-bond acceptors (Lipinski definition) is 3. The molecule has 4 heteroatoms. The molecule has 1 aliphatic rings. The summed E-state index contributed by atoms with van der Waals surface area (Å²) in [7, 11) is 0. The molecule has 1 atom stereocenters. The summed E-state index contributed by atoms with van der Waals surface area (Å²) in [5.74, 6) is 0.0375. The van der Waals surface area contributed by atoms with Crippen molar-refractivity contribution >= 4 is 11.6 Å². The van der Waals surface area contributed by atoms with E-state index < -0.39 is 0 Å². The summed E-state index contributed by atoms with van der Waals surface area (Å²) in [6.45, 7) is 0.936. The first-order valence-corrected chi connectivity index (χ1v) is 4.80. The topological polar surface area (TPSA) is 54.0 Å². The molecule has 0 unspecified atom stereocenters. The summed E-state index contributed by atoms with van der Waals surface area (Å²) in [5, 5.41) is 5.96. The minimum atomic E-state index is -0.0322. The molecule has 0 spiro atoms. The van der Waals surface area contributed by atoms with Gasteiger partial charge in [0.1, 0.15) is 0 Å². The van der Waals surface area contributed by atoms with Crippen LogP contribution in [0.2, 0.25) is 0 Å². The van der Waals surface area contributed by atoms with Crippen LogP contribution < -0.4 is 10.6 Å². The van der Waals surface area contributed by atoms with E-state index >= 15 is 0 Å². The van der Waals surface area contributed by atoms with Gasteiger partial charge in [0.25, 0.3) is 0 Å². The van der Waals surface area contributed by atoms with Gasteiger partial charge < -0.3 is 10.6 Å². The van der Waals surface area contributed by atoms with Gasteiger partial charge in [-0.3, -0.25) is 9.78 Å². The van der Waals surface area contributed by atoms with E-state index in [4.69, 9.17) is 0 Å². The van der Waals surface area contributed by atoms with Crippen LogP contribution >= 0.6 is 0 Å². The van der Waals surface area contributed by atoms with Gasteiger partial charge in [-0.1, -0.05) is 0 Å². The average molecular weight is 191 g/mol. The van der Waals surface area contributed by atoms with Crippen LogP contribution in [0.5, 0.6) is 0 Å². The van der Waals surface area contributed by atoms with Crippen LogP contribution in [0.1, 0.15) is 12.8 Å². The van der Waals surface area contributed by atoms with Crippen LogP contribution in [0.25, 0.3) is 0 Å². The Bertz CT molecular complexity index is 306. The molecule has 0 bridgehead atoms. The molecular formula is C10H13N3O. The summed E-state index contributed by atoms with van der Waals surface area (Å²) in [6, 6.07) is 3.60. The molecule has 2 heterocycles. The number of aromatic nitrogens is 1. The number of hydrogen-bond donors (Lipinski definition) is 2. The van der Waals surface area contributed by atoms with Crippen molar-refractivity contribution < 1.29 is 4.79 Å². The van der Waals surface area contributed by atoms with E-state index in [1.54, 1.807) is 18.5 Å². The number of pyridine rings is 1. The monoisotopic (exact) mass is 191 g/mol. The molecule has 0 radical (unpaired) electrons. The summed E-state index contributed by atoms with van der Waals surface area (Å²) < 4.78 is 0. The van der Waals surface area contributed by atoms with Crippen molar-refractivity contribution in [3.63, 3.8) is 0 Å². The lowest BCUT2D eigenvalue weighted by atomic mass is 10.2. The highest BCUT2D eigenvalue weighted by atomic mass is 16.2. The van der Waals surface area contributed by atoms with E-state index in [0.717, 1.165) is 25.1 Å². The molecule has 74 valence electrons. The summed E-state index contributed by atoms with van der Waals surface area (Å²) >= 11 is 0. The fraction of sp³-hybridized carbons (Fsp3) is 0.400. The highest BCUT2D eigenvalue weighted by Gasteiger charge is 2.21. The van der Waals surface area contributed by atoms with Crippen molar-refractivity contribution in [2.75, 3.05) is 11.9 Å². The van der Waals surface area contributed by atoms with Crippen molar-refractivity contribution in [1.82, 2.24) is 10.3 Å². The molecule has 1 amide bonds. The Balaban J connectivity index is 1.94. The molecule has 0 aliphatic carbocycles. The molecule has 2 rings (SSSR count). The van der Waals surface area contributed by atoms with Gasteiger partial charge in [-0.2, -0.15) is 0 Å². The lowest BCUT2D eigenvalue weighted by molar-refractivity contribution is -0.117. The highest BCUT2D eigenvalue weighted by molar-refractivity contribution is 5.94. The fourth-order valence-electron chi connectivity index (χ4n) is 1.57. The van der Waals surface area contributed by atoms with Crippen LogP contribution in [-0.2, 0) is 4.79 Å². The maximum absolute atomic E-state index is 11.6. The Labute approximate surface area is 82.7 Å². The molecule has 1 aliphatic heterocycles. The SMILES string of the molecule is O=C(Nc1cccnc1)[C@H]1CCCN1. The first-order chi connectivity index (χ1) is 6.86. The number of amides is 1. The summed E-state index contributed by atoms with van der Waals surface area (Å²) in [5.41, 5.74) is 0.756. The zero-order chi connectivity index (χ0) is 9.80. The standard InChI is InChI=1S/C10H13N3O/c14-10(9-4-2-6-12-9)13-8-3-1-5-11-7-8/h1,3,5,7,9,12H,2,4,6H2,(H,13,14)/t9-/m1/s1. The molecule has 4 nitrogen and oxygen atoms in total. The van der Waals surface area contributed by atoms with Gasteiger partial charge in [0.05, 0.1) is 17.9 Å². The summed E-state index contributed by atoms with van der Waals surface area (Å²) in [6.07, 6.45) is 5.33. The fourth-order valence-corrected chi connectivity index (χ4v) is 1.57. The lowest BCUT2D eigenvalue weighted by Crippen LogP contribution is -2.35. The third-order valence-electron chi connectivity index (χ3n) is 2.31. The van der Waals surface area contributed by atoms with Gasteiger partial charge >= 0.3 is 0 Å². The number of carbonyl (C=O) groups excluding carboxylic acids is 1. The third kappa shape index (κ3) is 2.09. The Morgan fingerprint density at radius 3 is 3.21 bits per heavy atom. The van der Waals surface area contributed by atoms with Crippen molar-refractivity contribution in [2.45, 2.75) is 18.9 Å². The Morgan fingerprint density at radius 2 is 2.57 bits per heavy atom. The van der Waals surface area contributed by atoms with E-state index in [1.165, 1.54) is 0 Å². The molecule has 14 heavy (non-hydrogen) atoms. The van der Waals surface area contributed by atoms with Crippen LogP contribution in [0.4, 0.5) is 5.69 Å². The number of rotatable bonds is 2. The van der Waals surface area contributed by atoms with Crippen LogP contribution in [0.3, 0.4) is 0 Å². The zero-order valence-electron chi connectivity index (χ0n) is 7.86. The molecule has 1 fully saturated rings. The predicted molar refractivity (Wildman–Crippen MR) is 53.9 cm³/mol. The summed E-state index contributed by atoms with van der Waals surface area (Å²) in [4.78, 5) is 15.5. The smallest absolute Gasteiger partial charge is 0.241 e. The quantitative estimate of drug-likeness (QED) is 0.726. The molecule has 0 aromatic carbocycles. The van der Waals surface area contributed by atoms with E-state index in [2.05, 4.69) is 15.6 Å². The second-order valence-corrected chi connectivity index (χ2v) is 3.38. The van der Waals surface area contributed by atoms with E-state index in [0.29, 0.717) is 0 Å². The van der Waals surface area contributed by atoms with Gasteiger partial charge in [-0.25, -0.2) is 0 Å². The molecule has 0 saturated carbocycles. The Hall–Kier alpha value is -1.42. The number of anilines is 1. The maximum Gasteiger partial charge on any atom is 0.241 e. The zero-order valence-corrected chi connectivity index (χ0v) is 7.86. The lowest BCUT2D eigenvalue weighted by Gasteiger charge is -2.10. The molecule has 2 N–H and O–H groups in total. The van der Waals surface area contributed by atoms with Crippen molar-refractivity contribution in [3.8, 4) is 0 Å². The Morgan fingerprint density at radius 1 is 1.64 bits per heavy atom. The molecular weight excluding hydrogens is 178 g/mol. The second-order valence-electron chi connectivity index (χ2n) is 3.38. The first-order valence-electron chi connectivity index (χ1n) is 4.80. The normalized spacial score (nSPS) is 20.7. The minimum absolute atomic E-state index is 0.0322. The van der Waals surface area contributed by atoms with Gasteiger partial charge in [-0.05, 0) is 31.5 Å². The van der Waals surface area contributed by atoms with Crippen molar-refractivity contribution in [3.05, 3.63) is 24.5 Å². The number of nitrogens with one attached hydrogen (secondary N) is 2. The van der Waals surface area contributed by atoms with Crippen LogP contribution in [-0.4, -0.2) is 23.5 Å². The van der Waals surface area contributed by atoms with E-state index in [-0.39, 0.29) is 11.9 Å². The van der Waals surface area contributed by atoms with Crippen LogP contribution in [0, 0.1) is 0 Å². The number of carbonyl (C=O) groups is 1. The van der Waals surface area contributed by atoms with Gasteiger partial charge in [0, 0.05) is 6.20 Å². The van der Waals surface area contributed by atoms with E-state index in [1.807, 2.05) is 6.07 Å². The van der Waals surface area contributed by atoms with Gasteiger partial charge in [0.2, 0.25) is 5.91 Å². The molecule has 1 aromatic rings. The first kappa shape index (κ1) is 9.15. The average Bonchev–Trinajstić information content (AvgIpc) is 2.72. The minimum Gasteiger partial charge on any atom is -0.323 e. The number of nitrogens with zero attached hydrogens (tertiary/aromatic N) is 1.